The van der Waals surface area contributed by atoms with Gasteiger partial charge in [-0.2, -0.15) is 4.31 Å². The standard InChI is InChI=1S/C11H14FN3O3S/c12-8-2-1-3-9(6-8)19(16,17)15-4-5-18-10(7-15)11(13)14/h1-3,6,10H,4-5,7H2,(H3,13,14). The minimum absolute atomic E-state index is 0.0336. The minimum Gasteiger partial charge on any atom is -0.385 e. The molecule has 0 spiro atoms. The van der Waals surface area contributed by atoms with Gasteiger partial charge in [0, 0.05) is 13.1 Å². The van der Waals surface area contributed by atoms with Gasteiger partial charge in [0.1, 0.15) is 17.8 Å². The molecule has 6 nitrogen and oxygen atoms in total. The third kappa shape index (κ3) is 2.91. The molecule has 1 unspecified atom stereocenters. The number of morpholine rings is 1. The van der Waals surface area contributed by atoms with Crippen molar-refractivity contribution < 1.29 is 17.5 Å². The van der Waals surface area contributed by atoms with E-state index in [-0.39, 0.29) is 30.4 Å². The van der Waals surface area contributed by atoms with Crippen LogP contribution in [0.4, 0.5) is 4.39 Å². The topological polar surface area (TPSA) is 96.5 Å². The van der Waals surface area contributed by atoms with Gasteiger partial charge in [-0.15, -0.1) is 0 Å². The molecular weight excluding hydrogens is 273 g/mol. The Hall–Kier alpha value is -1.51. The molecule has 1 atom stereocenters. The maximum atomic E-state index is 13.1. The van der Waals surface area contributed by atoms with Crippen molar-refractivity contribution in [3.63, 3.8) is 0 Å². The fraction of sp³-hybridized carbons (Fsp3) is 0.364. The number of rotatable bonds is 3. The Kier molecular flexibility index (Phi) is 3.83. The second-order valence-electron chi connectivity index (χ2n) is 4.14. The van der Waals surface area contributed by atoms with E-state index in [4.69, 9.17) is 15.9 Å². The smallest absolute Gasteiger partial charge is 0.243 e. The summed E-state index contributed by atoms with van der Waals surface area (Å²) in [6.45, 7) is 0.273. The van der Waals surface area contributed by atoms with Crippen LogP contribution >= 0.6 is 0 Å². The maximum Gasteiger partial charge on any atom is 0.243 e. The number of hydrogen-bond donors (Lipinski definition) is 2. The number of benzene rings is 1. The molecule has 1 saturated heterocycles. The summed E-state index contributed by atoms with van der Waals surface area (Å²) < 4.78 is 44.1. The van der Waals surface area contributed by atoms with Gasteiger partial charge in [0.2, 0.25) is 10.0 Å². The number of nitrogens with zero attached hydrogens (tertiary/aromatic N) is 1. The molecule has 0 aliphatic carbocycles. The van der Waals surface area contributed by atoms with Gasteiger partial charge in [0.05, 0.1) is 11.5 Å². The number of sulfonamides is 1. The van der Waals surface area contributed by atoms with Crippen LogP contribution in [0.1, 0.15) is 0 Å². The van der Waals surface area contributed by atoms with Gasteiger partial charge in [0.15, 0.2) is 0 Å². The van der Waals surface area contributed by atoms with Crippen molar-refractivity contribution in [3.8, 4) is 0 Å². The highest BCUT2D eigenvalue weighted by molar-refractivity contribution is 7.89. The van der Waals surface area contributed by atoms with E-state index in [1.807, 2.05) is 0 Å². The number of ether oxygens (including phenoxy) is 1. The van der Waals surface area contributed by atoms with Crippen LogP contribution in [0.2, 0.25) is 0 Å². The van der Waals surface area contributed by atoms with Gasteiger partial charge in [-0.25, -0.2) is 12.8 Å². The van der Waals surface area contributed by atoms with Crippen molar-refractivity contribution in [3.05, 3.63) is 30.1 Å². The second-order valence-corrected chi connectivity index (χ2v) is 6.07. The molecule has 1 fully saturated rings. The Morgan fingerprint density at radius 2 is 2.26 bits per heavy atom. The van der Waals surface area contributed by atoms with Crippen LogP contribution in [-0.4, -0.2) is 44.4 Å². The summed E-state index contributed by atoms with van der Waals surface area (Å²) in [6, 6.07) is 4.81. The first-order valence-electron chi connectivity index (χ1n) is 5.62. The van der Waals surface area contributed by atoms with E-state index in [0.29, 0.717) is 0 Å². The Balaban J connectivity index is 2.27. The molecule has 0 radical (unpaired) electrons. The second kappa shape index (κ2) is 5.24. The number of amidine groups is 1. The SMILES string of the molecule is N=C(N)C1CN(S(=O)(=O)c2cccc(F)c2)CCO1. The molecular formula is C11H14FN3O3S. The van der Waals surface area contributed by atoms with Gasteiger partial charge in [-0.1, -0.05) is 6.07 Å². The zero-order chi connectivity index (χ0) is 14.0. The van der Waals surface area contributed by atoms with Crippen LogP contribution < -0.4 is 5.73 Å². The summed E-state index contributed by atoms with van der Waals surface area (Å²) in [7, 11) is -3.79. The minimum atomic E-state index is -3.79. The first kappa shape index (κ1) is 13.9. The molecule has 0 aromatic heterocycles. The lowest BCUT2D eigenvalue weighted by Crippen LogP contribution is -2.50. The van der Waals surface area contributed by atoms with E-state index < -0.39 is 21.9 Å². The van der Waals surface area contributed by atoms with Gasteiger partial charge in [-0.05, 0) is 18.2 Å². The molecule has 0 bridgehead atoms. The van der Waals surface area contributed by atoms with Crippen LogP contribution in [-0.2, 0) is 14.8 Å². The zero-order valence-electron chi connectivity index (χ0n) is 10.0. The molecule has 2 rings (SSSR count). The molecule has 1 aromatic rings. The highest BCUT2D eigenvalue weighted by atomic mass is 32.2. The molecule has 0 amide bonds. The fourth-order valence-corrected chi connectivity index (χ4v) is 3.27. The summed E-state index contributed by atoms with van der Waals surface area (Å²) in [5, 5.41) is 7.29. The Morgan fingerprint density at radius 1 is 1.53 bits per heavy atom. The predicted octanol–water partition coefficient (Wildman–Crippen LogP) is 0.151. The monoisotopic (exact) mass is 287 g/mol. The third-order valence-corrected chi connectivity index (χ3v) is 4.67. The molecule has 1 heterocycles. The highest BCUT2D eigenvalue weighted by Gasteiger charge is 2.32. The van der Waals surface area contributed by atoms with Crippen LogP contribution in [0.3, 0.4) is 0 Å². The normalized spacial score (nSPS) is 21.2. The van der Waals surface area contributed by atoms with E-state index in [0.717, 1.165) is 10.4 Å². The van der Waals surface area contributed by atoms with Crippen molar-refractivity contribution in [2.24, 2.45) is 5.73 Å². The maximum absolute atomic E-state index is 13.1. The van der Waals surface area contributed by atoms with Crippen LogP contribution in [0, 0.1) is 11.2 Å². The lowest BCUT2D eigenvalue weighted by molar-refractivity contribution is 0.0368. The van der Waals surface area contributed by atoms with Crippen LogP contribution in [0.25, 0.3) is 0 Å². The van der Waals surface area contributed by atoms with Gasteiger partial charge in [0.25, 0.3) is 0 Å². The first-order valence-corrected chi connectivity index (χ1v) is 7.06. The van der Waals surface area contributed by atoms with Gasteiger partial charge >= 0.3 is 0 Å². The van der Waals surface area contributed by atoms with Crippen molar-refractivity contribution >= 4 is 15.9 Å². The molecule has 104 valence electrons. The Labute approximate surface area is 110 Å². The highest BCUT2D eigenvalue weighted by Crippen LogP contribution is 2.19. The fourth-order valence-electron chi connectivity index (χ4n) is 1.81. The third-order valence-electron chi connectivity index (χ3n) is 2.81. The van der Waals surface area contributed by atoms with Crippen molar-refractivity contribution in [2.75, 3.05) is 19.7 Å². The van der Waals surface area contributed by atoms with Crippen molar-refractivity contribution in [2.45, 2.75) is 11.0 Å². The summed E-state index contributed by atoms with van der Waals surface area (Å²) >= 11 is 0. The predicted molar refractivity (Wildman–Crippen MR) is 66.8 cm³/mol. The quantitative estimate of drug-likeness (QED) is 0.611. The molecule has 8 heteroatoms. The molecule has 1 aliphatic rings. The Bertz CT molecular complexity index is 591. The number of hydrogen-bond acceptors (Lipinski definition) is 4. The van der Waals surface area contributed by atoms with E-state index in [9.17, 15) is 12.8 Å². The number of halogens is 1. The van der Waals surface area contributed by atoms with Gasteiger partial charge in [-0.3, -0.25) is 5.41 Å². The number of nitrogens with two attached hydrogens (primary N) is 1. The first-order chi connectivity index (χ1) is 8.91. The molecule has 19 heavy (non-hydrogen) atoms. The average molecular weight is 287 g/mol. The van der Waals surface area contributed by atoms with Crippen molar-refractivity contribution in [1.82, 2.24) is 4.31 Å². The number of nitrogens with one attached hydrogen (secondary N) is 1. The average Bonchev–Trinajstić information content (AvgIpc) is 2.39. The summed E-state index contributed by atoms with van der Waals surface area (Å²) in [5.41, 5.74) is 5.31. The summed E-state index contributed by atoms with van der Waals surface area (Å²) in [4.78, 5) is -0.114. The van der Waals surface area contributed by atoms with Crippen LogP contribution in [0.15, 0.2) is 29.2 Å². The van der Waals surface area contributed by atoms with E-state index in [2.05, 4.69) is 0 Å². The summed E-state index contributed by atoms with van der Waals surface area (Å²) in [6.07, 6.45) is -0.753. The zero-order valence-corrected chi connectivity index (χ0v) is 10.9. The lowest BCUT2D eigenvalue weighted by Gasteiger charge is -2.31. The van der Waals surface area contributed by atoms with Crippen LogP contribution in [0.5, 0.6) is 0 Å². The van der Waals surface area contributed by atoms with E-state index in [1.54, 1.807) is 0 Å². The molecule has 1 aromatic carbocycles. The molecule has 3 N–H and O–H groups in total. The van der Waals surface area contributed by atoms with Gasteiger partial charge < -0.3 is 10.5 Å². The Morgan fingerprint density at radius 3 is 2.89 bits per heavy atom. The largest absolute Gasteiger partial charge is 0.385 e. The lowest BCUT2D eigenvalue weighted by atomic mass is 10.3. The molecule has 0 saturated carbocycles. The van der Waals surface area contributed by atoms with Crippen molar-refractivity contribution in [1.29, 1.82) is 5.41 Å². The summed E-state index contributed by atoms with van der Waals surface area (Å²) in [5.74, 6) is -0.836. The van der Waals surface area contributed by atoms with E-state index in [1.165, 1.54) is 18.2 Å². The molecule has 1 aliphatic heterocycles. The van der Waals surface area contributed by atoms with E-state index >= 15 is 0 Å².